The number of amides is 2. The molecule has 0 bridgehead atoms. The first kappa shape index (κ1) is 18.3. The van der Waals surface area contributed by atoms with Crippen LogP contribution < -0.4 is 5.32 Å². The van der Waals surface area contributed by atoms with E-state index < -0.39 is 18.0 Å². The van der Waals surface area contributed by atoms with E-state index >= 15 is 0 Å². The Labute approximate surface area is 134 Å². The molecule has 1 atom stereocenters. The Morgan fingerprint density at radius 1 is 1.27 bits per heavy atom. The molecule has 0 aliphatic carbocycles. The van der Waals surface area contributed by atoms with Crippen molar-refractivity contribution in [2.75, 3.05) is 31.7 Å². The highest BCUT2D eigenvalue weighted by Gasteiger charge is 2.22. The SMILES string of the molecule is CSCC(NC(=O)N(CCO)CCc1ccccc1)C(=O)O. The number of aliphatic hydroxyl groups is 1. The molecule has 122 valence electrons. The zero-order valence-electron chi connectivity index (χ0n) is 12.6. The number of nitrogens with zero attached hydrogens (tertiary/aromatic N) is 1. The molecule has 3 N–H and O–H groups in total. The summed E-state index contributed by atoms with van der Waals surface area (Å²) in [7, 11) is 0. The lowest BCUT2D eigenvalue weighted by atomic mass is 10.1. The van der Waals surface area contributed by atoms with Crippen LogP contribution in [0.15, 0.2) is 30.3 Å². The predicted molar refractivity (Wildman–Crippen MR) is 87.1 cm³/mol. The fourth-order valence-electron chi connectivity index (χ4n) is 1.93. The third kappa shape index (κ3) is 6.36. The number of hydrogen-bond acceptors (Lipinski definition) is 4. The minimum atomic E-state index is -1.06. The highest BCUT2D eigenvalue weighted by atomic mass is 32.2. The molecule has 0 radical (unpaired) electrons. The number of carboxylic acids is 1. The van der Waals surface area contributed by atoms with Gasteiger partial charge in [-0.1, -0.05) is 30.3 Å². The van der Waals surface area contributed by atoms with Crippen LogP contribution in [0.2, 0.25) is 0 Å². The van der Waals surface area contributed by atoms with E-state index in [0.29, 0.717) is 18.7 Å². The molecule has 1 rings (SSSR count). The lowest BCUT2D eigenvalue weighted by Gasteiger charge is -2.24. The van der Waals surface area contributed by atoms with Crippen LogP contribution in [0.1, 0.15) is 5.56 Å². The van der Waals surface area contributed by atoms with Gasteiger partial charge in [-0.2, -0.15) is 11.8 Å². The highest BCUT2D eigenvalue weighted by Crippen LogP contribution is 2.03. The Bertz CT molecular complexity index is 470. The predicted octanol–water partition coefficient (Wildman–Crippen LogP) is 1.05. The van der Waals surface area contributed by atoms with Crippen LogP contribution in [-0.4, -0.2) is 64.9 Å². The van der Waals surface area contributed by atoms with E-state index in [4.69, 9.17) is 10.2 Å². The van der Waals surface area contributed by atoms with Gasteiger partial charge in [-0.3, -0.25) is 0 Å². The number of aliphatic hydroxyl groups excluding tert-OH is 1. The first-order chi connectivity index (χ1) is 10.6. The lowest BCUT2D eigenvalue weighted by Crippen LogP contribution is -2.50. The second kappa shape index (κ2) is 10.1. The summed E-state index contributed by atoms with van der Waals surface area (Å²) < 4.78 is 0. The summed E-state index contributed by atoms with van der Waals surface area (Å²) in [4.78, 5) is 24.7. The molecule has 7 heteroatoms. The van der Waals surface area contributed by atoms with Crippen LogP contribution in [0.25, 0.3) is 0 Å². The monoisotopic (exact) mass is 326 g/mol. The van der Waals surface area contributed by atoms with Gasteiger partial charge in [-0.05, 0) is 18.2 Å². The number of benzene rings is 1. The van der Waals surface area contributed by atoms with E-state index in [1.807, 2.05) is 30.3 Å². The second-order valence-corrected chi connectivity index (χ2v) is 5.65. The molecule has 0 aliphatic heterocycles. The number of carbonyl (C=O) groups is 2. The van der Waals surface area contributed by atoms with Crippen molar-refractivity contribution >= 4 is 23.8 Å². The number of carboxylic acid groups (broad SMARTS) is 1. The van der Waals surface area contributed by atoms with Gasteiger partial charge in [0.2, 0.25) is 0 Å². The van der Waals surface area contributed by atoms with E-state index in [0.717, 1.165) is 5.56 Å². The normalized spacial score (nSPS) is 11.7. The van der Waals surface area contributed by atoms with E-state index in [-0.39, 0.29) is 13.2 Å². The molecule has 1 aromatic carbocycles. The highest BCUT2D eigenvalue weighted by molar-refractivity contribution is 7.98. The summed E-state index contributed by atoms with van der Waals surface area (Å²) in [6, 6.07) is 8.29. The van der Waals surface area contributed by atoms with Gasteiger partial charge in [0.25, 0.3) is 0 Å². The van der Waals surface area contributed by atoms with Crippen molar-refractivity contribution in [3.05, 3.63) is 35.9 Å². The van der Waals surface area contributed by atoms with E-state index in [9.17, 15) is 9.59 Å². The zero-order chi connectivity index (χ0) is 16.4. The maximum Gasteiger partial charge on any atom is 0.327 e. The number of nitrogens with one attached hydrogen (secondary N) is 1. The summed E-state index contributed by atoms with van der Waals surface area (Å²) >= 11 is 1.35. The van der Waals surface area contributed by atoms with Crippen LogP contribution in [0.3, 0.4) is 0 Å². The lowest BCUT2D eigenvalue weighted by molar-refractivity contribution is -0.138. The third-order valence-electron chi connectivity index (χ3n) is 3.10. The van der Waals surface area contributed by atoms with Gasteiger partial charge < -0.3 is 20.4 Å². The van der Waals surface area contributed by atoms with Crippen molar-refractivity contribution in [2.45, 2.75) is 12.5 Å². The largest absolute Gasteiger partial charge is 0.480 e. The molecule has 1 unspecified atom stereocenters. The number of urea groups is 1. The number of carbonyl (C=O) groups excluding carboxylic acids is 1. The van der Waals surface area contributed by atoms with Crippen LogP contribution in [-0.2, 0) is 11.2 Å². The fourth-order valence-corrected chi connectivity index (χ4v) is 2.49. The molecular formula is C15H22N2O4S. The first-order valence-corrected chi connectivity index (χ1v) is 8.39. The summed E-state index contributed by atoms with van der Waals surface area (Å²) in [6.07, 6.45) is 2.43. The summed E-state index contributed by atoms with van der Waals surface area (Å²) in [5, 5.41) is 20.7. The van der Waals surface area contributed by atoms with Crippen molar-refractivity contribution in [1.82, 2.24) is 10.2 Å². The fraction of sp³-hybridized carbons (Fsp3) is 0.467. The minimum absolute atomic E-state index is 0.164. The maximum absolute atomic E-state index is 12.2. The average Bonchev–Trinajstić information content (AvgIpc) is 2.51. The van der Waals surface area contributed by atoms with Gasteiger partial charge >= 0.3 is 12.0 Å². The molecule has 0 fully saturated rings. The molecule has 0 spiro atoms. The molecule has 1 aromatic rings. The molecule has 0 heterocycles. The van der Waals surface area contributed by atoms with E-state index in [1.165, 1.54) is 16.7 Å². The van der Waals surface area contributed by atoms with Gasteiger partial charge in [0.15, 0.2) is 0 Å². The molecular weight excluding hydrogens is 304 g/mol. The topological polar surface area (TPSA) is 89.9 Å². The van der Waals surface area contributed by atoms with Gasteiger partial charge in [0.05, 0.1) is 6.61 Å². The van der Waals surface area contributed by atoms with E-state index in [1.54, 1.807) is 6.26 Å². The van der Waals surface area contributed by atoms with Gasteiger partial charge in [0, 0.05) is 18.8 Å². The van der Waals surface area contributed by atoms with Gasteiger partial charge in [-0.25, -0.2) is 9.59 Å². The Balaban J connectivity index is 2.60. The van der Waals surface area contributed by atoms with Gasteiger partial charge in [-0.15, -0.1) is 0 Å². The average molecular weight is 326 g/mol. The number of thioether (sulfide) groups is 1. The number of rotatable bonds is 9. The maximum atomic E-state index is 12.2. The molecule has 0 saturated carbocycles. The number of hydrogen-bond donors (Lipinski definition) is 3. The first-order valence-electron chi connectivity index (χ1n) is 7.00. The molecule has 22 heavy (non-hydrogen) atoms. The summed E-state index contributed by atoms with van der Waals surface area (Å²) in [6.45, 7) is 0.425. The van der Waals surface area contributed by atoms with Crippen molar-refractivity contribution in [3.63, 3.8) is 0 Å². The van der Waals surface area contributed by atoms with Crippen LogP contribution in [0, 0.1) is 0 Å². The Morgan fingerprint density at radius 3 is 2.50 bits per heavy atom. The molecule has 2 amide bonds. The van der Waals surface area contributed by atoms with Crippen molar-refractivity contribution < 1.29 is 19.8 Å². The smallest absolute Gasteiger partial charge is 0.327 e. The molecule has 0 aliphatic rings. The van der Waals surface area contributed by atoms with Crippen molar-refractivity contribution in [1.29, 1.82) is 0 Å². The Kier molecular flexibility index (Phi) is 8.39. The summed E-state index contributed by atoms with van der Waals surface area (Å²) in [5.41, 5.74) is 1.08. The van der Waals surface area contributed by atoms with Crippen molar-refractivity contribution in [2.24, 2.45) is 0 Å². The van der Waals surface area contributed by atoms with Crippen LogP contribution >= 0.6 is 11.8 Å². The standard InChI is InChI=1S/C15H22N2O4S/c1-22-11-13(14(19)20)16-15(21)17(9-10-18)8-7-12-5-3-2-4-6-12/h2-6,13,18H,7-11H2,1H3,(H,16,21)(H,19,20). The van der Waals surface area contributed by atoms with E-state index in [2.05, 4.69) is 5.32 Å². The third-order valence-corrected chi connectivity index (χ3v) is 3.77. The molecule has 0 aromatic heterocycles. The zero-order valence-corrected chi connectivity index (χ0v) is 13.4. The summed E-state index contributed by atoms with van der Waals surface area (Å²) in [5.74, 6) is -0.762. The van der Waals surface area contributed by atoms with Crippen LogP contribution in [0.4, 0.5) is 4.79 Å². The van der Waals surface area contributed by atoms with Crippen LogP contribution in [0.5, 0.6) is 0 Å². The molecule has 6 nitrogen and oxygen atoms in total. The Hall–Kier alpha value is -1.73. The minimum Gasteiger partial charge on any atom is -0.480 e. The van der Waals surface area contributed by atoms with Gasteiger partial charge in [0.1, 0.15) is 6.04 Å². The number of aliphatic carboxylic acids is 1. The molecule has 0 saturated heterocycles. The second-order valence-electron chi connectivity index (χ2n) is 4.74. The van der Waals surface area contributed by atoms with Crippen molar-refractivity contribution in [3.8, 4) is 0 Å². The quantitative estimate of drug-likeness (QED) is 0.631. The Morgan fingerprint density at radius 2 is 1.95 bits per heavy atom.